The average Bonchev–Trinajstić information content (AvgIpc) is 3.07. The van der Waals surface area contributed by atoms with Crippen molar-refractivity contribution in [1.82, 2.24) is 19.9 Å². The van der Waals surface area contributed by atoms with E-state index in [1.54, 1.807) is 0 Å². The van der Waals surface area contributed by atoms with Crippen LogP contribution in [0.15, 0.2) is 21.1 Å². The van der Waals surface area contributed by atoms with Crippen LogP contribution in [0.25, 0.3) is 0 Å². The Labute approximate surface area is 133 Å². The molecule has 114 valence electrons. The lowest BCUT2D eigenvalue weighted by Gasteiger charge is -2.04. The van der Waals surface area contributed by atoms with Gasteiger partial charge < -0.3 is 4.74 Å². The standard InChI is InChI=1S/C10H11BrN4O4S2/c1-19-10(16)6-4-7(9(11)20-6)21(17,18)14-3-2-8-12-5-13-15-8/h4-5,14H,2-3H2,1H3,(H,12,13,15). The van der Waals surface area contributed by atoms with Crippen molar-refractivity contribution in [2.45, 2.75) is 11.3 Å². The predicted octanol–water partition coefficient (Wildman–Crippen LogP) is 0.936. The van der Waals surface area contributed by atoms with Gasteiger partial charge in [0.1, 0.15) is 21.9 Å². The highest BCUT2D eigenvalue weighted by atomic mass is 79.9. The maximum absolute atomic E-state index is 12.2. The fourth-order valence-electron chi connectivity index (χ4n) is 1.47. The van der Waals surface area contributed by atoms with Crippen molar-refractivity contribution in [3.63, 3.8) is 0 Å². The summed E-state index contributed by atoms with van der Waals surface area (Å²) in [4.78, 5) is 15.5. The van der Waals surface area contributed by atoms with Gasteiger partial charge in [0.25, 0.3) is 0 Å². The summed E-state index contributed by atoms with van der Waals surface area (Å²) in [5.41, 5.74) is 0. The van der Waals surface area contributed by atoms with Gasteiger partial charge in [0.05, 0.1) is 10.9 Å². The van der Waals surface area contributed by atoms with Crippen molar-refractivity contribution < 1.29 is 17.9 Å². The number of ether oxygens (including phenoxy) is 1. The monoisotopic (exact) mass is 394 g/mol. The fourth-order valence-corrected chi connectivity index (χ4v) is 4.98. The molecule has 2 N–H and O–H groups in total. The lowest BCUT2D eigenvalue weighted by atomic mass is 10.4. The summed E-state index contributed by atoms with van der Waals surface area (Å²) in [7, 11) is -2.49. The summed E-state index contributed by atoms with van der Waals surface area (Å²) in [6, 6.07) is 1.28. The van der Waals surface area contributed by atoms with Crippen molar-refractivity contribution in [2.75, 3.05) is 13.7 Å². The van der Waals surface area contributed by atoms with E-state index >= 15 is 0 Å². The summed E-state index contributed by atoms with van der Waals surface area (Å²) >= 11 is 4.14. The zero-order valence-electron chi connectivity index (χ0n) is 10.8. The number of thiophene rings is 1. The lowest BCUT2D eigenvalue weighted by Crippen LogP contribution is -2.26. The third-order valence-corrected chi connectivity index (χ3v) is 6.14. The van der Waals surface area contributed by atoms with Crippen LogP contribution in [0, 0.1) is 0 Å². The highest BCUT2D eigenvalue weighted by molar-refractivity contribution is 9.11. The van der Waals surface area contributed by atoms with Crippen LogP contribution in [0.2, 0.25) is 0 Å². The molecule has 0 saturated carbocycles. The number of carbonyl (C=O) groups is 1. The number of methoxy groups -OCH3 is 1. The molecule has 0 saturated heterocycles. The minimum atomic E-state index is -3.72. The molecule has 0 aliphatic heterocycles. The van der Waals surface area contributed by atoms with E-state index in [2.05, 4.69) is 40.6 Å². The topological polar surface area (TPSA) is 114 Å². The summed E-state index contributed by atoms with van der Waals surface area (Å²) in [6.45, 7) is 0.160. The molecule has 0 aliphatic rings. The minimum absolute atomic E-state index is 0.00506. The Kier molecular flexibility index (Phi) is 5.08. The first-order valence-electron chi connectivity index (χ1n) is 5.65. The highest BCUT2D eigenvalue weighted by Crippen LogP contribution is 2.31. The number of aromatic amines is 1. The van der Waals surface area contributed by atoms with Crippen LogP contribution in [-0.2, 0) is 21.2 Å². The van der Waals surface area contributed by atoms with Gasteiger partial charge in [0, 0.05) is 13.0 Å². The number of carbonyl (C=O) groups excluding carboxylic acids is 1. The number of hydrogen-bond acceptors (Lipinski definition) is 7. The maximum atomic E-state index is 12.2. The second-order valence-electron chi connectivity index (χ2n) is 3.82. The number of H-pyrrole nitrogens is 1. The fraction of sp³-hybridized carbons (Fsp3) is 0.300. The van der Waals surface area contributed by atoms with Gasteiger partial charge in [-0.2, -0.15) is 5.10 Å². The third kappa shape index (κ3) is 3.87. The molecule has 0 radical (unpaired) electrons. The number of nitrogens with one attached hydrogen (secondary N) is 2. The molecular formula is C10H11BrN4O4S2. The van der Waals surface area contributed by atoms with Gasteiger partial charge in [-0.3, -0.25) is 5.10 Å². The van der Waals surface area contributed by atoms with Crippen molar-refractivity contribution in [3.8, 4) is 0 Å². The SMILES string of the molecule is COC(=O)c1cc(S(=O)(=O)NCCc2ncn[nH]2)c(Br)s1. The van der Waals surface area contributed by atoms with Gasteiger partial charge in [-0.25, -0.2) is 22.9 Å². The molecule has 0 fully saturated rings. The molecule has 21 heavy (non-hydrogen) atoms. The number of rotatable bonds is 6. The molecule has 0 spiro atoms. The largest absolute Gasteiger partial charge is 0.465 e. The molecule has 0 bridgehead atoms. The quantitative estimate of drug-likeness (QED) is 0.704. The van der Waals surface area contributed by atoms with Crippen molar-refractivity contribution >= 4 is 43.3 Å². The molecule has 8 nitrogen and oxygen atoms in total. The molecule has 0 unspecified atom stereocenters. The van der Waals surface area contributed by atoms with Crippen LogP contribution < -0.4 is 4.72 Å². The summed E-state index contributed by atoms with van der Waals surface area (Å²) in [6.07, 6.45) is 1.73. The van der Waals surface area contributed by atoms with Crippen molar-refractivity contribution in [1.29, 1.82) is 0 Å². The number of halogens is 1. The first kappa shape index (κ1) is 16.1. The smallest absolute Gasteiger partial charge is 0.348 e. The summed E-state index contributed by atoms with van der Waals surface area (Å²) < 4.78 is 31.7. The zero-order valence-corrected chi connectivity index (χ0v) is 14.0. The van der Waals surface area contributed by atoms with E-state index in [1.165, 1.54) is 19.5 Å². The van der Waals surface area contributed by atoms with Crippen LogP contribution in [0.3, 0.4) is 0 Å². The van der Waals surface area contributed by atoms with E-state index < -0.39 is 16.0 Å². The van der Waals surface area contributed by atoms with Crippen LogP contribution in [0.4, 0.5) is 0 Å². The Morgan fingerprint density at radius 1 is 1.57 bits per heavy atom. The second-order valence-corrected chi connectivity index (χ2v) is 7.93. The van der Waals surface area contributed by atoms with Gasteiger partial charge in [0.15, 0.2) is 0 Å². The first-order chi connectivity index (χ1) is 9.94. The van der Waals surface area contributed by atoms with E-state index in [-0.39, 0.29) is 16.3 Å². The molecule has 2 rings (SSSR count). The van der Waals surface area contributed by atoms with E-state index in [0.29, 0.717) is 16.0 Å². The molecule has 0 aliphatic carbocycles. The average molecular weight is 395 g/mol. The van der Waals surface area contributed by atoms with Crippen LogP contribution >= 0.6 is 27.3 Å². The zero-order chi connectivity index (χ0) is 15.5. The Hall–Kier alpha value is -1.30. The Bertz CT molecular complexity index is 726. The van der Waals surface area contributed by atoms with Crippen LogP contribution in [0.5, 0.6) is 0 Å². The van der Waals surface area contributed by atoms with Crippen LogP contribution in [-0.4, -0.2) is 43.2 Å². The highest BCUT2D eigenvalue weighted by Gasteiger charge is 2.23. The number of aromatic nitrogens is 3. The van der Waals surface area contributed by atoms with Gasteiger partial charge in [-0.05, 0) is 22.0 Å². The van der Waals surface area contributed by atoms with Crippen molar-refractivity contribution in [3.05, 3.63) is 26.9 Å². The van der Waals surface area contributed by atoms with E-state index in [4.69, 9.17) is 0 Å². The Morgan fingerprint density at radius 3 is 2.95 bits per heavy atom. The summed E-state index contributed by atoms with van der Waals surface area (Å²) in [5, 5.41) is 6.31. The van der Waals surface area contributed by atoms with E-state index in [0.717, 1.165) is 11.3 Å². The second kappa shape index (κ2) is 6.64. The number of esters is 1. The molecule has 11 heteroatoms. The molecule has 0 aromatic carbocycles. The molecular weight excluding hydrogens is 384 g/mol. The Balaban J connectivity index is 2.08. The number of sulfonamides is 1. The molecule has 0 atom stereocenters. The van der Waals surface area contributed by atoms with Gasteiger partial charge >= 0.3 is 5.97 Å². The van der Waals surface area contributed by atoms with Gasteiger partial charge in [-0.15, -0.1) is 11.3 Å². The molecule has 0 amide bonds. The van der Waals surface area contributed by atoms with E-state index in [1.807, 2.05) is 0 Å². The minimum Gasteiger partial charge on any atom is -0.465 e. The maximum Gasteiger partial charge on any atom is 0.348 e. The number of nitrogens with zero attached hydrogens (tertiary/aromatic N) is 2. The lowest BCUT2D eigenvalue weighted by molar-refractivity contribution is 0.0606. The van der Waals surface area contributed by atoms with Gasteiger partial charge in [0.2, 0.25) is 10.0 Å². The Morgan fingerprint density at radius 2 is 2.33 bits per heavy atom. The van der Waals surface area contributed by atoms with Crippen molar-refractivity contribution in [2.24, 2.45) is 0 Å². The summed E-state index contributed by atoms with van der Waals surface area (Å²) in [5.74, 6) is 0.00106. The predicted molar refractivity (Wildman–Crippen MR) is 78.6 cm³/mol. The molecule has 2 heterocycles. The van der Waals surface area contributed by atoms with E-state index in [9.17, 15) is 13.2 Å². The molecule has 2 aromatic rings. The number of hydrogen-bond donors (Lipinski definition) is 2. The molecule has 2 aromatic heterocycles. The van der Waals surface area contributed by atoms with Gasteiger partial charge in [-0.1, -0.05) is 0 Å². The first-order valence-corrected chi connectivity index (χ1v) is 8.75. The van der Waals surface area contributed by atoms with Crippen LogP contribution in [0.1, 0.15) is 15.5 Å². The normalized spacial score (nSPS) is 11.5. The third-order valence-electron chi connectivity index (χ3n) is 2.45.